The van der Waals surface area contributed by atoms with Crippen LogP contribution in [0, 0.1) is 0 Å². The summed E-state index contributed by atoms with van der Waals surface area (Å²) >= 11 is 0. The van der Waals surface area contributed by atoms with Crippen molar-refractivity contribution in [3.63, 3.8) is 0 Å². The first-order chi connectivity index (χ1) is 4.89. The van der Waals surface area contributed by atoms with E-state index in [9.17, 15) is 22.0 Å². The zero-order valence-corrected chi connectivity index (χ0v) is 6.12. The average molecular weight is 188 g/mol. The Morgan fingerprint density at radius 1 is 0.909 bits per heavy atom. The summed E-state index contributed by atoms with van der Waals surface area (Å²) in [5.74, 6) is -8.39. The number of hydrogen-bond donors (Lipinski definition) is 0. The second-order valence-corrected chi connectivity index (χ2v) is 2.76. The second-order valence-electron chi connectivity index (χ2n) is 1.97. The van der Waals surface area contributed by atoms with Crippen LogP contribution in [0.5, 0.6) is 0 Å². The molecule has 0 amide bonds. The van der Waals surface area contributed by atoms with Crippen LogP contribution in [-0.4, -0.2) is 5.41 Å². The van der Waals surface area contributed by atoms with Crippen molar-refractivity contribution in [3.05, 3.63) is 23.3 Å². The number of rotatable bonds is 0. The molecule has 1 unspecified atom stereocenters. The second kappa shape index (κ2) is 2.27. The van der Waals surface area contributed by atoms with Crippen LogP contribution in [0.1, 0.15) is 0 Å². The van der Waals surface area contributed by atoms with E-state index in [1.807, 2.05) is 0 Å². The summed E-state index contributed by atoms with van der Waals surface area (Å²) in [6.45, 7) is 0. The molecule has 6 heteroatoms. The highest BCUT2D eigenvalue weighted by Crippen LogP contribution is 2.49. The van der Waals surface area contributed by atoms with Gasteiger partial charge < -0.3 is 0 Å². The number of allylic oxidation sites excluding steroid dienone is 4. The third-order valence-electron chi connectivity index (χ3n) is 1.22. The molecule has 0 N–H and O–H groups in total. The molecule has 0 aromatic rings. The summed E-state index contributed by atoms with van der Waals surface area (Å²) in [7, 11) is 1.04. The van der Waals surface area contributed by atoms with Gasteiger partial charge in [-0.1, -0.05) is 9.24 Å². The van der Waals surface area contributed by atoms with E-state index >= 15 is 0 Å². The van der Waals surface area contributed by atoms with E-state index in [0.717, 1.165) is 9.24 Å². The monoisotopic (exact) mass is 188 g/mol. The Kier molecular flexibility index (Phi) is 1.79. The fourth-order valence-corrected chi connectivity index (χ4v) is 0.862. The van der Waals surface area contributed by atoms with Crippen LogP contribution < -0.4 is 0 Å². The van der Waals surface area contributed by atoms with Gasteiger partial charge in [0.25, 0.3) is 0 Å². The van der Waals surface area contributed by atoms with E-state index in [1.165, 1.54) is 0 Å². The van der Waals surface area contributed by atoms with Crippen LogP contribution in [0.4, 0.5) is 22.0 Å². The van der Waals surface area contributed by atoms with Gasteiger partial charge in [-0.3, -0.25) is 0 Å². The Bertz CT molecular complexity index is 238. The van der Waals surface area contributed by atoms with Gasteiger partial charge in [-0.05, 0) is 0 Å². The lowest BCUT2D eigenvalue weighted by Gasteiger charge is -2.09. The highest BCUT2D eigenvalue weighted by molar-refractivity contribution is 7.19. The molecule has 0 nitrogen and oxygen atoms in total. The Morgan fingerprint density at radius 3 is 1.27 bits per heavy atom. The lowest BCUT2D eigenvalue weighted by atomic mass is 10.4. The fourth-order valence-electron chi connectivity index (χ4n) is 0.608. The van der Waals surface area contributed by atoms with Gasteiger partial charge in [0.2, 0.25) is 5.41 Å². The van der Waals surface area contributed by atoms with Gasteiger partial charge in [-0.25, -0.2) is 22.0 Å². The molecule has 0 fully saturated rings. The van der Waals surface area contributed by atoms with Gasteiger partial charge in [0.1, 0.15) is 0 Å². The van der Waals surface area contributed by atoms with E-state index in [-0.39, 0.29) is 0 Å². The molecule has 0 spiro atoms. The first kappa shape index (κ1) is 8.65. The maximum atomic E-state index is 12.5. The highest BCUT2D eigenvalue weighted by Gasteiger charge is 2.48. The predicted octanol–water partition coefficient (Wildman–Crippen LogP) is 2.84. The van der Waals surface area contributed by atoms with Crippen molar-refractivity contribution < 1.29 is 22.0 Å². The van der Waals surface area contributed by atoms with Gasteiger partial charge in [0.05, 0.1) is 0 Å². The molecule has 62 valence electrons. The minimum Gasteiger partial charge on any atom is -0.224 e. The topological polar surface area (TPSA) is 0 Å². The van der Waals surface area contributed by atoms with Gasteiger partial charge >= 0.3 is 0 Å². The molecule has 0 bridgehead atoms. The largest absolute Gasteiger partial charge is 0.230 e. The van der Waals surface area contributed by atoms with Gasteiger partial charge in [-0.15, -0.1) is 0 Å². The molecule has 0 saturated heterocycles. The van der Waals surface area contributed by atoms with Crippen LogP contribution in [0.25, 0.3) is 0 Å². The van der Waals surface area contributed by atoms with Crippen molar-refractivity contribution >= 4 is 9.24 Å². The molecule has 0 aliphatic heterocycles. The summed E-state index contributed by atoms with van der Waals surface area (Å²) in [6.07, 6.45) is 0. The summed E-state index contributed by atoms with van der Waals surface area (Å²) < 4.78 is 61.0. The number of halogens is 5. The normalized spacial score (nSPS) is 23.5. The highest BCUT2D eigenvalue weighted by atomic mass is 31.0. The van der Waals surface area contributed by atoms with E-state index < -0.39 is 28.7 Å². The molecule has 0 aromatic carbocycles. The minimum atomic E-state index is -3.35. The molecule has 0 heterocycles. The van der Waals surface area contributed by atoms with Crippen LogP contribution in [0.15, 0.2) is 23.3 Å². The molecule has 1 aliphatic rings. The predicted molar refractivity (Wildman–Crippen MR) is 32.0 cm³/mol. The fraction of sp³-hybridized carbons (Fsp3) is 0.200. The van der Waals surface area contributed by atoms with E-state index in [2.05, 4.69) is 0 Å². The van der Waals surface area contributed by atoms with Crippen LogP contribution in [-0.2, 0) is 0 Å². The number of alkyl halides is 1. The molecule has 11 heavy (non-hydrogen) atoms. The van der Waals surface area contributed by atoms with E-state index in [1.54, 1.807) is 0 Å². The lowest BCUT2D eigenvalue weighted by Crippen LogP contribution is -2.11. The zero-order chi connectivity index (χ0) is 8.81. The summed E-state index contributed by atoms with van der Waals surface area (Å²) in [6, 6.07) is 0. The van der Waals surface area contributed by atoms with E-state index in [4.69, 9.17) is 0 Å². The molecule has 0 aromatic heterocycles. The Labute approximate surface area is 61.0 Å². The quantitative estimate of drug-likeness (QED) is 0.405. The summed E-state index contributed by atoms with van der Waals surface area (Å²) in [4.78, 5) is 0. The van der Waals surface area contributed by atoms with Crippen LogP contribution >= 0.6 is 9.24 Å². The van der Waals surface area contributed by atoms with Crippen molar-refractivity contribution in [1.29, 1.82) is 0 Å². The SMILES string of the molecule is FC1=C(F)C(F)(P)C(F)=C1F. The minimum absolute atomic E-state index is 1.04. The third kappa shape index (κ3) is 0.984. The van der Waals surface area contributed by atoms with Gasteiger partial charge in [0, 0.05) is 0 Å². The molecule has 1 rings (SSSR count). The van der Waals surface area contributed by atoms with Crippen molar-refractivity contribution in [1.82, 2.24) is 0 Å². The standard InChI is InChI=1S/C5H2F5P/c6-1-2(7)4(9)5(10,11)3(1)8/h11H2. The average Bonchev–Trinajstić information content (AvgIpc) is 2.06. The zero-order valence-electron chi connectivity index (χ0n) is 4.97. The number of hydrogen-bond acceptors (Lipinski definition) is 0. The maximum Gasteiger partial charge on any atom is 0.230 e. The molecule has 0 radical (unpaired) electrons. The molecule has 1 aliphatic carbocycles. The first-order valence-corrected chi connectivity index (χ1v) is 3.06. The lowest BCUT2D eigenvalue weighted by molar-refractivity contribution is 0.285. The molecular formula is C5H2F5P. The van der Waals surface area contributed by atoms with Crippen molar-refractivity contribution in [2.45, 2.75) is 5.41 Å². The van der Waals surface area contributed by atoms with Crippen molar-refractivity contribution in [2.75, 3.05) is 0 Å². The first-order valence-electron chi connectivity index (χ1n) is 2.48. The Balaban J connectivity index is 3.27. The maximum absolute atomic E-state index is 12.5. The summed E-state index contributed by atoms with van der Waals surface area (Å²) in [5.41, 5.74) is 0. The van der Waals surface area contributed by atoms with Crippen molar-refractivity contribution in [2.24, 2.45) is 0 Å². The molecular weight excluding hydrogens is 186 g/mol. The Hall–Kier alpha value is -0.440. The third-order valence-corrected chi connectivity index (χ3v) is 1.72. The van der Waals surface area contributed by atoms with E-state index in [0.29, 0.717) is 0 Å². The van der Waals surface area contributed by atoms with Gasteiger partial charge in [0.15, 0.2) is 23.3 Å². The van der Waals surface area contributed by atoms with Crippen LogP contribution in [0.3, 0.4) is 0 Å². The Morgan fingerprint density at radius 2 is 1.18 bits per heavy atom. The van der Waals surface area contributed by atoms with Crippen LogP contribution in [0.2, 0.25) is 0 Å². The molecule has 1 atom stereocenters. The smallest absolute Gasteiger partial charge is 0.224 e. The van der Waals surface area contributed by atoms with Gasteiger partial charge in [-0.2, -0.15) is 0 Å². The van der Waals surface area contributed by atoms with Crippen molar-refractivity contribution in [3.8, 4) is 0 Å². The summed E-state index contributed by atoms with van der Waals surface area (Å²) in [5, 5.41) is -3.35. The molecule has 0 saturated carbocycles.